The Morgan fingerprint density at radius 3 is 2.62 bits per heavy atom. The zero-order valence-corrected chi connectivity index (χ0v) is 10.2. The van der Waals surface area contributed by atoms with Crippen molar-refractivity contribution in [1.29, 1.82) is 5.26 Å². The molecule has 1 aromatic rings. The third-order valence-electron chi connectivity index (χ3n) is 3.51. The van der Waals surface area contributed by atoms with Gasteiger partial charge in [0.1, 0.15) is 17.5 Å². The molecular formula is C12H18N4. The first-order chi connectivity index (χ1) is 7.65. The Balaban J connectivity index is 2.35. The molecular weight excluding hydrogens is 200 g/mol. The molecule has 1 heterocycles. The van der Waals surface area contributed by atoms with Crippen LogP contribution in [0.4, 0.5) is 5.82 Å². The minimum Gasteiger partial charge on any atom is -0.356 e. The quantitative estimate of drug-likeness (QED) is 0.762. The minimum atomic E-state index is 0.571. The summed E-state index contributed by atoms with van der Waals surface area (Å²) in [4.78, 5) is 2.23. The fourth-order valence-electron chi connectivity index (χ4n) is 2.65. The smallest absolute Gasteiger partial charge is 0.144 e. The fourth-order valence-corrected chi connectivity index (χ4v) is 2.65. The van der Waals surface area contributed by atoms with Gasteiger partial charge in [0.15, 0.2) is 0 Å². The number of rotatable bonds is 2. The predicted octanol–water partition coefficient (Wildman–Crippen LogP) is 1.98. The third-order valence-corrected chi connectivity index (χ3v) is 3.51. The largest absolute Gasteiger partial charge is 0.356 e. The third kappa shape index (κ3) is 1.67. The van der Waals surface area contributed by atoms with Gasteiger partial charge in [-0.15, -0.1) is 0 Å². The monoisotopic (exact) mass is 218 g/mol. The first kappa shape index (κ1) is 11.0. The average molecular weight is 218 g/mol. The summed E-state index contributed by atoms with van der Waals surface area (Å²) in [5, 5.41) is 13.5. The number of aryl methyl sites for hydroxylation is 2. The van der Waals surface area contributed by atoms with E-state index in [1.165, 1.54) is 25.7 Å². The second kappa shape index (κ2) is 4.17. The summed E-state index contributed by atoms with van der Waals surface area (Å²) in [7, 11) is 3.99. The molecule has 86 valence electrons. The Hall–Kier alpha value is -1.50. The molecule has 0 spiro atoms. The van der Waals surface area contributed by atoms with E-state index in [2.05, 4.69) is 23.1 Å². The molecule has 1 saturated carbocycles. The Bertz CT molecular complexity index is 421. The molecule has 0 N–H and O–H groups in total. The van der Waals surface area contributed by atoms with E-state index in [0.717, 1.165) is 17.1 Å². The Kier molecular flexibility index (Phi) is 2.86. The van der Waals surface area contributed by atoms with Crippen molar-refractivity contribution in [3.8, 4) is 6.07 Å². The van der Waals surface area contributed by atoms with Crippen LogP contribution in [0.3, 0.4) is 0 Å². The van der Waals surface area contributed by atoms with Crippen molar-refractivity contribution < 1.29 is 0 Å². The van der Waals surface area contributed by atoms with Crippen molar-refractivity contribution in [2.45, 2.75) is 38.6 Å². The second-order valence-electron chi connectivity index (χ2n) is 4.57. The normalized spacial score (nSPS) is 16.4. The van der Waals surface area contributed by atoms with Gasteiger partial charge in [-0.1, -0.05) is 12.8 Å². The van der Waals surface area contributed by atoms with Crippen LogP contribution >= 0.6 is 0 Å². The highest BCUT2D eigenvalue weighted by Gasteiger charge is 2.25. The van der Waals surface area contributed by atoms with Gasteiger partial charge in [0.05, 0.1) is 5.69 Å². The summed E-state index contributed by atoms with van der Waals surface area (Å²) in [6, 6.07) is 2.84. The van der Waals surface area contributed by atoms with Gasteiger partial charge in [-0.25, -0.2) is 0 Å². The Labute approximate surface area is 96.5 Å². The van der Waals surface area contributed by atoms with Crippen LogP contribution < -0.4 is 4.90 Å². The summed E-state index contributed by atoms with van der Waals surface area (Å²) in [5.41, 5.74) is 1.54. The molecule has 4 nitrogen and oxygen atoms in total. The number of aromatic nitrogens is 2. The summed E-state index contributed by atoms with van der Waals surface area (Å²) in [6.45, 7) is 1.89. The molecule has 1 aliphatic carbocycles. The maximum Gasteiger partial charge on any atom is 0.144 e. The van der Waals surface area contributed by atoms with E-state index in [4.69, 9.17) is 0 Å². The second-order valence-corrected chi connectivity index (χ2v) is 4.57. The molecule has 2 rings (SSSR count). The van der Waals surface area contributed by atoms with E-state index < -0.39 is 0 Å². The van der Waals surface area contributed by atoms with E-state index in [0.29, 0.717) is 6.04 Å². The predicted molar refractivity (Wildman–Crippen MR) is 63.3 cm³/mol. The van der Waals surface area contributed by atoms with Crippen LogP contribution in [0, 0.1) is 18.3 Å². The number of nitrogens with zero attached hydrogens (tertiary/aromatic N) is 4. The molecule has 0 aromatic carbocycles. The van der Waals surface area contributed by atoms with Crippen LogP contribution in [-0.2, 0) is 7.05 Å². The highest BCUT2D eigenvalue weighted by molar-refractivity contribution is 5.57. The molecule has 1 fully saturated rings. The number of nitriles is 1. The average Bonchev–Trinajstić information content (AvgIpc) is 2.84. The summed E-state index contributed by atoms with van der Waals surface area (Å²) in [5.74, 6) is 0.965. The molecule has 4 heteroatoms. The Morgan fingerprint density at radius 2 is 2.06 bits per heavy atom. The SMILES string of the molecule is Cc1nn(C)c(N(C)C2CCCC2)c1C#N. The van der Waals surface area contributed by atoms with Crippen LogP contribution in [0.15, 0.2) is 0 Å². The van der Waals surface area contributed by atoms with Crippen LogP contribution in [-0.4, -0.2) is 22.9 Å². The summed E-state index contributed by atoms with van der Waals surface area (Å²) < 4.78 is 1.83. The van der Waals surface area contributed by atoms with Crippen molar-refractivity contribution in [3.63, 3.8) is 0 Å². The Morgan fingerprint density at radius 1 is 1.44 bits per heavy atom. The van der Waals surface area contributed by atoms with Crippen LogP contribution in [0.5, 0.6) is 0 Å². The molecule has 0 atom stereocenters. The van der Waals surface area contributed by atoms with E-state index >= 15 is 0 Å². The maximum atomic E-state index is 9.17. The van der Waals surface area contributed by atoms with Gasteiger partial charge >= 0.3 is 0 Å². The minimum absolute atomic E-state index is 0.571. The molecule has 0 radical (unpaired) electrons. The molecule has 0 unspecified atom stereocenters. The summed E-state index contributed by atoms with van der Waals surface area (Å²) >= 11 is 0. The number of hydrogen-bond donors (Lipinski definition) is 0. The van der Waals surface area contributed by atoms with Crippen molar-refractivity contribution in [3.05, 3.63) is 11.3 Å². The highest BCUT2D eigenvalue weighted by Crippen LogP contribution is 2.29. The molecule has 1 aliphatic rings. The molecule has 0 bridgehead atoms. The molecule has 16 heavy (non-hydrogen) atoms. The molecule has 1 aromatic heterocycles. The van der Waals surface area contributed by atoms with Crippen molar-refractivity contribution in [2.24, 2.45) is 7.05 Å². The van der Waals surface area contributed by atoms with Gasteiger partial charge in [-0.2, -0.15) is 10.4 Å². The van der Waals surface area contributed by atoms with Crippen molar-refractivity contribution >= 4 is 5.82 Å². The van der Waals surface area contributed by atoms with Gasteiger partial charge in [-0.05, 0) is 19.8 Å². The van der Waals surface area contributed by atoms with Crippen LogP contribution in [0.25, 0.3) is 0 Å². The van der Waals surface area contributed by atoms with Crippen LogP contribution in [0.1, 0.15) is 36.9 Å². The first-order valence-electron chi connectivity index (χ1n) is 5.81. The van der Waals surface area contributed by atoms with E-state index in [-0.39, 0.29) is 0 Å². The number of anilines is 1. The van der Waals surface area contributed by atoms with Gasteiger partial charge in [0.25, 0.3) is 0 Å². The number of hydrogen-bond acceptors (Lipinski definition) is 3. The molecule has 0 amide bonds. The first-order valence-corrected chi connectivity index (χ1v) is 5.81. The highest BCUT2D eigenvalue weighted by atomic mass is 15.4. The molecule has 0 aliphatic heterocycles. The van der Waals surface area contributed by atoms with Gasteiger partial charge < -0.3 is 4.90 Å². The van der Waals surface area contributed by atoms with Crippen LogP contribution in [0.2, 0.25) is 0 Å². The molecule has 0 saturated heterocycles. The van der Waals surface area contributed by atoms with E-state index in [1.807, 2.05) is 18.7 Å². The lowest BCUT2D eigenvalue weighted by Gasteiger charge is -2.26. The van der Waals surface area contributed by atoms with Gasteiger partial charge in [0.2, 0.25) is 0 Å². The van der Waals surface area contributed by atoms with Crippen molar-refractivity contribution in [1.82, 2.24) is 9.78 Å². The van der Waals surface area contributed by atoms with Gasteiger partial charge in [-0.3, -0.25) is 4.68 Å². The fraction of sp³-hybridized carbons (Fsp3) is 0.667. The lowest BCUT2D eigenvalue weighted by atomic mass is 10.2. The lowest BCUT2D eigenvalue weighted by molar-refractivity contribution is 0.620. The summed E-state index contributed by atoms with van der Waals surface area (Å²) in [6.07, 6.45) is 5.05. The van der Waals surface area contributed by atoms with E-state index in [1.54, 1.807) is 0 Å². The lowest BCUT2D eigenvalue weighted by Crippen LogP contribution is -2.31. The topological polar surface area (TPSA) is 44.9 Å². The standard InChI is InChI=1S/C12H18N4/c1-9-11(8-13)12(16(3)14-9)15(2)10-6-4-5-7-10/h10H,4-7H2,1-3H3. The zero-order chi connectivity index (χ0) is 11.7. The van der Waals surface area contributed by atoms with Gasteiger partial charge in [0, 0.05) is 20.1 Å². The maximum absolute atomic E-state index is 9.17. The van der Waals surface area contributed by atoms with Crippen molar-refractivity contribution in [2.75, 3.05) is 11.9 Å². The zero-order valence-electron chi connectivity index (χ0n) is 10.2. The van der Waals surface area contributed by atoms with E-state index in [9.17, 15) is 5.26 Å².